The van der Waals surface area contributed by atoms with Crippen LogP contribution in [0.25, 0.3) is 0 Å². The van der Waals surface area contributed by atoms with Crippen molar-refractivity contribution in [2.24, 2.45) is 5.92 Å². The van der Waals surface area contributed by atoms with E-state index in [9.17, 15) is 27.2 Å². The van der Waals surface area contributed by atoms with Crippen LogP contribution in [0.5, 0.6) is 0 Å². The Morgan fingerprint density at radius 3 is 2.65 bits per heavy atom. The average molecular weight is 439 g/mol. The largest absolute Gasteiger partial charge is 0.427 e. The van der Waals surface area contributed by atoms with Gasteiger partial charge in [0.25, 0.3) is 5.56 Å². The number of anilines is 2. The highest BCUT2D eigenvalue weighted by molar-refractivity contribution is 5.95. The molecule has 1 aliphatic carbocycles. The van der Waals surface area contributed by atoms with Gasteiger partial charge in [-0.15, -0.1) is 0 Å². The van der Waals surface area contributed by atoms with Gasteiger partial charge < -0.3 is 20.9 Å². The molecule has 2 aliphatic rings. The van der Waals surface area contributed by atoms with Crippen LogP contribution < -0.4 is 21.9 Å². The molecule has 0 saturated heterocycles. The second kappa shape index (κ2) is 6.97. The third kappa shape index (κ3) is 3.45. The van der Waals surface area contributed by atoms with Crippen molar-refractivity contribution in [3.63, 3.8) is 0 Å². The van der Waals surface area contributed by atoms with Gasteiger partial charge in [-0.3, -0.25) is 4.79 Å². The Balaban J connectivity index is 1.90. The van der Waals surface area contributed by atoms with Crippen LogP contribution in [-0.4, -0.2) is 21.8 Å². The van der Waals surface area contributed by atoms with E-state index >= 15 is 4.39 Å². The highest BCUT2D eigenvalue weighted by atomic mass is 19.4. The van der Waals surface area contributed by atoms with Crippen molar-refractivity contribution in [1.82, 2.24) is 14.9 Å². The summed E-state index contributed by atoms with van der Waals surface area (Å²) in [4.78, 5) is 27.6. The summed E-state index contributed by atoms with van der Waals surface area (Å²) in [7, 11) is 0. The Kier molecular flexibility index (Phi) is 4.64. The fourth-order valence-electron chi connectivity index (χ4n) is 3.20. The molecule has 1 unspecified atom stereocenters. The van der Waals surface area contributed by atoms with E-state index in [1.54, 1.807) is 5.32 Å². The first-order chi connectivity index (χ1) is 14.5. The van der Waals surface area contributed by atoms with Gasteiger partial charge in [-0.1, -0.05) is 11.8 Å². The third-order valence-electron chi connectivity index (χ3n) is 4.99. The molecule has 7 nitrogen and oxygen atoms in total. The molecule has 12 heteroatoms. The smallest absolute Gasteiger partial charge is 0.379 e. The maximum absolute atomic E-state index is 15.2. The third-order valence-corrected chi connectivity index (χ3v) is 4.99. The van der Waals surface area contributed by atoms with Gasteiger partial charge in [0.1, 0.15) is 5.82 Å². The van der Waals surface area contributed by atoms with Crippen molar-refractivity contribution in [1.29, 1.82) is 0 Å². The number of carbonyl (C=O) groups excluding carboxylic acids is 1. The quantitative estimate of drug-likeness (QED) is 0.494. The van der Waals surface area contributed by atoms with Crippen LogP contribution in [0.2, 0.25) is 0 Å². The number of hydrogen-bond donors (Lipinski definition) is 3. The minimum Gasteiger partial charge on any atom is -0.379 e. The summed E-state index contributed by atoms with van der Waals surface area (Å²) in [6.45, 7) is -0.688. The van der Waals surface area contributed by atoms with Crippen molar-refractivity contribution in [3.8, 4) is 11.8 Å². The molecule has 0 spiro atoms. The van der Waals surface area contributed by atoms with Gasteiger partial charge in [0.2, 0.25) is 5.54 Å². The van der Waals surface area contributed by atoms with Gasteiger partial charge in [0.15, 0.2) is 11.6 Å². The number of rotatable bonds is 2. The van der Waals surface area contributed by atoms with E-state index in [1.807, 2.05) is 11.2 Å². The van der Waals surface area contributed by atoms with Crippen LogP contribution in [-0.2, 0) is 12.1 Å². The van der Waals surface area contributed by atoms with Gasteiger partial charge >= 0.3 is 12.2 Å². The molecule has 2 aromatic rings. The van der Waals surface area contributed by atoms with Crippen LogP contribution in [0.15, 0.2) is 23.3 Å². The van der Waals surface area contributed by atoms with E-state index in [4.69, 9.17) is 5.73 Å². The molecule has 1 fully saturated rings. The minimum atomic E-state index is -5.17. The zero-order valence-electron chi connectivity index (χ0n) is 15.6. The normalized spacial score (nSPS) is 20.2. The van der Waals surface area contributed by atoms with Crippen molar-refractivity contribution in [2.75, 3.05) is 11.1 Å². The molecule has 0 radical (unpaired) electrons. The van der Waals surface area contributed by atoms with E-state index in [2.05, 4.69) is 10.9 Å². The molecule has 162 valence electrons. The summed E-state index contributed by atoms with van der Waals surface area (Å²) < 4.78 is 73.1. The topological polar surface area (TPSA) is 102 Å². The molecular formula is C19H14F5N5O2. The Morgan fingerprint density at radius 1 is 1.29 bits per heavy atom. The lowest BCUT2D eigenvalue weighted by Crippen LogP contribution is -2.59. The number of carbonyl (C=O) groups is 1. The van der Waals surface area contributed by atoms with Crippen molar-refractivity contribution >= 4 is 17.5 Å². The Bertz CT molecular complexity index is 1210. The number of fused-ring (bicyclic) bond motifs is 1. The number of nitrogens with zero attached hydrogens (tertiary/aromatic N) is 2. The second-order valence-electron chi connectivity index (χ2n) is 7.19. The number of halogens is 5. The maximum Gasteiger partial charge on any atom is 0.427 e. The number of aromatic nitrogens is 2. The predicted octanol–water partition coefficient (Wildman–Crippen LogP) is 2.46. The predicted molar refractivity (Wildman–Crippen MR) is 98.8 cm³/mol. The molecule has 1 aromatic heterocycles. The van der Waals surface area contributed by atoms with Gasteiger partial charge in [0, 0.05) is 29.4 Å². The van der Waals surface area contributed by atoms with Crippen molar-refractivity contribution < 1.29 is 26.7 Å². The van der Waals surface area contributed by atoms with Gasteiger partial charge in [0.05, 0.1) is 12.2 Å². The fourth-order valence-corrected chi connectivity index (χ4v) is 3.20. The molecule has 1 aliphatic heterocycles. The Labute approximate surface area is 171 Å². The highest BCUT2D eigenvalue weighted by Gasteiger charge is 2.60. The molecule has 0 bridgehead atoms. The first-order valence-corrected chi connectivity index (χ1v) is 9.04. The summed E-state index contributed by atoms with van der Waals surface area (Å²) in [6.07, 6.45) is -1.73. The van der Waals surface area contributed by atoms with Gasteiger partial charge in [-0.2, -0.15) is 13.2 Å². The zero-order chi connectivity index (χ0) is 22.6. The molecule has 2 amide bonds. The van der Waals surface area contributed by atoms with Crippen molar-refractivity contribution in [2.45, 2.75) is 31.1 Å². The fraction of sp³-hybridized carbons (Fsp3) is 0.316. The number of hydrogen-bond acceptors (Lipinski definition) is 4. The molecule has 1 saturated carbocycles. The van der Waals surface area contributed by atoms with Crippen LogP contribution >= 0.6 is 0 Å². The number of nitrogens with one attached hydrogen (secondary N) is 2. The summed E-state index contributed by atoms with van der Waals surface area (Å²) in [6, 6.07) is -0.887. The number of amides is 2. The van der Waals surface area contributed by atoms with E-state index in [1.165, 1.54) is 0 Å². The first kappa shape index (κ1) is 20.6. The highest BCUT2D eigenvalue weighted by Crippen LogP contribution is 2.46. The van der Waals surface area contributed by atoms with E-state index in [-0.39, 0.29) is 5.92 Å². The van der Waals surface area contributed by atoms with E-state index in [0.29, 0.717) is 18.9 Å². The van der Waals surface area contributed by atoms with Crippen molar-refractivity contribution in [3.05, 3.63) is 51.6 Å². The number of urea groups is 1. The summed E-state index contributed by atoms with van der Waals surface area (Å²) >= 11 is 0. The number of alkyl halides is 3. The van der Waals surface area contributed by atoms with Crippen LogP contribution in [0.3, 0.4) is 0 Å². The molecule has 2 heterocycles. The molecule has 1 aromatic carbocycles. The maximum atomic E-state index is 15.2. The molecule has 1 atom stereocenters. The molecule has 4 N–H and O–H groups in total. The zero-order valence-corrected chi connectivity index (χ0v) is 15.6. The summed E-state index contributed by atoms with van der Waals surface area (Å²) in [5.74, 6) is 0.927. The molecule has 4 rings (SSSR count). The lowest BCUT2D eigenvalue weighted by molar-refractivity contribution is -0.178. The number of nitrogen functional groups attached to an aromatic ring is 1. The van der Waals surface area contributed by atoms with Crippen LogP contribution in [0, 0.1) is 29.4 Å². The van der Waals surface area contributed by atoms with Gasteiger partial charge in [-0.05, 0) is 18.9 Å². The summed E-state index contributed by atoms with van der Waals surface area (Å²) in [5.41, 5.74) is -1.25. The van der Waals surface area contributed by atoms with E-state index in [0.717, 1.165) is 17.0 Å². The monoisotopic (exact) mass is 439 g/mol. The number of benzene rings is 1. The minimum absolute atomic E-state index is 0.271. The lowest BCUT2D eigenvalue weighted by atomic mass is 9.85. The molecular weight excluding hydrogens is 425 g/mol. The van der Waals surface area contributed by atoms with Crippen LogP contribution in [0.1, 0.15) is 24.0 Å². The SMILES string of the molecule is Nc1nccn(Cc2c(F)cc3c(c2F)NC(=O)NC3(C#CC2CC2)C(F)(F)F)c1=O. The number of nitrogens with two attached hydrogens (primary N) is 1. The molecule has 31 heavy (non-hydrogen) atoms. The van der Waals surface area contributed by atoms with E-state index < -0.39 is 64.1 Å². The first-order valence-electron chi connectivity index (χ1n) is 9.04. The summed E-state index contributed by atoms with van der Waals surface area (Å²) in [5, 5.41) is 3.64. The standard InChI is InChI=1S/C19H14F5N5O2/c20-12-7-11-14(13(21)10(12)8-29-6-5-26-15(25)16(29)30)27-17(31)28-18(11,19(22,23)24)4-3-9-1-2-9/h5-7,9H,1-2,8H2,(H2,25,26)(H2,27,28,31). The van der Waals surface area contributed by atoms with Crippen LogP contribution in [0.4, 0.5) is 38.3 Å². The second-order valence-corrected chi connectivity index (χ2v) is 7.19. The lowest BCUT2D eigenvalue weighted by Gasteiger charge is -2.37. The average Bonchev–Trinajstić information content (AvgIpc) is 3.51. The van der Waals surface area contributed by atoms with Gasteiger partial charge in [-0.25, -0.2) is 18.6 Å². The Hall–Kier alpha value is -3.62. The Morgan fingerprint density at radius 2 is 2.00 bits per heavy atom.